The lowest BCUT2D eigenvalue weighted by Gasteiger charge is -2.22. The molecule has 3 heteroatoms. The van der Waals surface area contributed by atoms with Gasteiger partial charge in [-0.2, -0.15) is 0 Å². The Morgan fingerprint density at radius 2 is 2.00 bits per heavy atom. The van der Waals surface area contributed by atoms with Gasteiger partial charge >= 0.3 is 0 Å². The van der Waals surface area contributed by atoms with Gasteiger partial charge in [-0.3, -0.25) is 5.41 Å². The number of ether oxygens (including phenoxy) is 1. The van der Waals surface area contributed by atoms with Crippen LogP contribution in [0.2, 0.25) is 0 Å². The Labute approximate surface area is 75.2 Å². The number of hydrogen-bond acceptors (Lipinski definition) is 2. The summed E-state index contributed by atoms with van der Waals surface area (Å²) in [6, 6.07) is 0. The molecule has 0 radical (unpaired) electrons. The zero-order chi connectivity index (χ0) is 9.40. The van der Waals surface area contributed by atoms with Crippen LogP contribution >= 0.6 is 0 Å². The van der Waals surface area contributed by atoms with Crippen molar-refractivity contribution < 1.29 is 4.74 Å². The molecule has 0 rings (SSSR count). The van der Waals surface area contributed by atoms with Gasteiger partial charge in [0.2, 0.25) is 0 Å². The Hall–Kier alpha value is -0.570. The summed E-state index contributed by atoms with van der Waals surface area (Å²) < 4.78 is 5.22. The lowest BCUT2D eigenvalue weighted by Crippen LogP contribution is -2.32. The highest BCUT2D eigenvalue weighted by molar-refractivity contribution is 5.78. The van der Waals surface area contributed by atoms with Crippen LogP contribution in [0.25, 0.3) is 0 Å². The van der Waals surface area contributed by atoms with Crippen molar-refractivity contribution in [3.63, 3.8) is 0 Å². The third kappa shape index (κ3) is 4.34. The molecule has 0 spiro atoms. The van der Waals surface area contributed by atoms with Crippen LogP contribution in [0.15, 0.2) is 0 Å². The zero-order valence-electron chi connectivity index (χ0n) is 8.39. The molecule has 0 aliphatic carbocycles. The maximum absolute atomic E-state index is 7.60. The molecule has 0 aromatic carbocycles. The lowest BCUT2D eigenvalue weighted by molar-refractivity contribution is 0.133. The Balaban J connectivity index is 3.60. The van der Waals surface area contributed by atoms with E-state index in [2.05, 4.69) is 6.92 Å². The molecule has 0 aliphatic rings. The first-order valence-electron chi connectivity index (χ1n) is 4.66. The Morgan fingerprint density at radius 1 is 1.33 bits per heavy atom. The zero-order valence-corrected chi connectivity index (χ0v) is 8.39. The van der Waals surface area contributed by atoms with Crippen LogP contribution in [0.1, 0.15) is 27.2 Å². The third-order valence-electron chi connectivity index (χ3n) is 1.81. The molecule has 0 aromatic heterocycles. The Morgan fingerprint density at radius 3 is 2.42 bits per heavy atom. The lowest BCUT2D eigenvalue weighted by atomic mass is 10.3. The van der Waals surface area contributed by atoms with E-state index in [4.69, 9.17) is 10.1 Å². The molecule has 1 N–H and O–H groups in total. The van der Waals surface area contributed by atoms with Crippen molar-refractivity contribution in [2.45, 2.75) is 27.2 Å². The van der Waals surface area contributed by atoms with Crippen molar-refractivity contribution in [3.05, 3.63) is 0 Å². The van der Waals surface area contributed by atoms with Crippen molar-refractivity contribution in [1.29, 1.82) is 5.41 Å². The first kappa shape index (κ1) is 11.4. The van der Waals surface area contributed by atoms with Gasteiger partial charge in [0.25, 0.3) is 0 Å². The molecule has 0 aromatic rings. The van der Waals surface area contributed by atoms with Gasteiger partial charge in [0.05, 0.1) is 12.4 Å². The summed E-state index contributed by atoms with van der Waals surface area (Å²) in [5.41, 5.74) is 0. The van der Waals surface area contributed by atoms with Crippen molar-refractivity contribution in [3.8, 4) is 0 Å². The van der Waals surface area contributed by atoms with Gasteiger partial charge in [-0.25, -0.2) is 0 Å². The second-order valence-electron chi connectivity index (χ2n) is 2.58. The van der Waals surface area contributed by atoms with Gasteiger partial charge in [-0.05, 0) is 13.8 Å². The van der Waals surface area contributed by atoms with E-state index in [1.165, 1.54) is 0 Å². The largest absolute Gasteiger partial charge is 0.380 e. The first-order valence-corrected chi connectivity index (χ1v) is 4.66. The average molecular weight is 172 g/mol. The molecule has 0 fully saturated rings. The maximum atomic E-state index is 7.60. The molecule has 0 aliphatic heterocycles. The van der Waals surface area contributed by atoms with Gasteiger partial charge in [0, 0.05) is 26.1 Å². The summed E-state index contributed by atoms with van der Waals surface area (Å²) in [5.74, 6) is 0.706. The maximum Gasteiger partial charge on any atom is 0.0955 e. The standard InChI is InChI=1S/C9H20N2O/c1-4-9(10)11(5-2)7-8-12-6-3/h10H,4-8H2,1-3H3. The summed E-state index contributed by atoms with van der Waals surface area (Å²) in [5, 5.41) is 7.60. The molecule has 0 atom stereocenters. The molecular weight excluding hydrogens is 152 g/mol. The van der Waals surface area contributed by atoms with E-state index in [-0.39, 0.29) is 0 Å². The van der Waals surface area contributed by atoms with Crippen LogP contribution in [0.3, 0.4) is 0 Å². The fraction of sp³-hybridized carbons (Fsp3) is 0.889. The molecule has 72 valence electrons. The minimum absolute atomic E-state index is 0.706. The monoisotopic (exact) mass is 172 g/mol. The van der Waals surface area contributed by atoms with Gasteiger partial charge in [-0.15, -0.1) is 0 Å². The van der Waals surface area contributed by atoms with Crippen LogP contribution in [-0.2, 0) is 4.74 Å². The highest BCUT2D eigenvalue weighted by atomic mass is 16.5. The van der Waals surface area contributed by atoms with Gasteiger partial charge in [0.1, 0.15) is 0 Å². The minimum atomic E-state index is 0.706. The molecular formula is C9H20N2O. The molecule has 0 unspecified atom stereocenters. The smallest absolute Gasteiger partial charge is 0.0955 e. The average Bonchev–Trinajstić information content (AvgIpc) is 2.11. The first-order chi connectivity index (χ1) is 5.76. The summed E-state index contributed by atoms with van der Waals surface area (Å²) in [6.45, 7) is 9.30. The number of rotatable bonds is 6. The fourth-order valence-corrected chi connectivity index (χ4v) is 1.03. The van der Waals surface area contributed by atoms with E-state index in [1.807, 2.05) is 18.7 Å². The van der Waals surface area contributed by atoms with Crippen LogP contribution in [0.5, 0.6) is 0 Å². The quantitative estimate of drug-likeness (QED) is 0.376. The molecule has 0 saturated carbocycles. The highest BCUT2D eigenvalue weighted by Gasteiger charge is 2.03. The fourth-order valence-electron chi connectivity index (χ4n) is 1.03. The van der Waals surface area contributed by atoms with Crippen LogP contribution < -0.4 is 0 Å². The SMILES string of the molecule is CCOCCN(CC)C(=N)CC. The van der Waals surface area contributed by atoms with Crippen molar-refractivity contribution in [2.75, 3.05) is 26.3 Å². The molecule has 0 amide bonds. The van der Waals surface area contributed by atoms with Crippen molar-refractivity contribution in [1.82, 2.24) is 4.90 Å². The highest BCUT2D eigenvalue weighted by Crippen LogP contribution is 1.93. The summed E-state index contributed by atoms with van der Waals surface area (Å²) >= 11 is 0. The Kier molecular flexibility index (Phi) is 6.76. The Bertz CT molecular complexity index is 126. The molecule has 0 bridgehead atoms. The number of nitrogens with zero attached hydrogens (tertiary/aromatic N) is 1. The van der Waals surface area contributed by atoms with Gasteiger partial charge in [-0.1, -0.05) is 6.92 Å². The van der Waals surface area contributed by atoms with Crippen LogP contribution in [-0.4, -0.2) is 37.0 Å². The summed E-state index contributed by atoms with van der Waals surface area (Å²) in [4.78, 5) is 2.04. The topological polar surface area (TPSA) is 36.3 Å². The van der Waals surface area contributed by atoms with Crippen LogP contribution in [0, 0.1) is 5.41 Å². The summed E-state index contributed by atoms with van der Waals surface area (Å²) in [7, 11) is 0. The second kappa shape index (κ2) is 7.10. The van der Waals surface area contributed by atoms with Gasteiger partial charge < -0.3 is 9.64 Å². The molecule has 0 saturated heterocycles. The second-order valence-corrected chi connectivity index (χ2v) is 2.58. The number of amidine groups is 1. The van der Waals surface area contributed by atoms with E-state index < -0.39 is 0 Å². The van der Waals surface area contributed by atoms with E-state index in [0.717, 1.165) is 32.7 Å². The van der Waals surface area contributed by atoms with E-state index in [0.29, 0.717) is 5.84 Å². The number of nitrogens with one attached hydrogen (secondary N) is 1. The normalized spacial score (nSPS) is 9.92. The number of likely N-dealkylation sites (N-methyl/N-ethyl adjacent to an activating group) is 1. The predicted octanol–water partition coefficient (Wildman–Crippen LogP) is 1.73. The molecule has 3 nitrogen and oxygen atoms in total. The molecule has 12 heavy (non-hydrogen) atoms. The van der Waals surface area contributed by atoms with Gasteiger partial charge in [0.15, 0.2) is 0 Å². The van der Waals surface area contributed by atoms with E-state index in [1.54, 1.807) is 0 Å². The van der Waals surface area contributed by atoms with Crippen molar-refractivity contribution in [2.24, 2.45) is 0 Å². The summed E-state index contributed by atoms with van der Waals surface area (Å²) in [6.07, 6.45) is 0.806. The number of hydrogen-bond donors (Lipinski definition) is 1. The third-order valence-corrected chi connectivity index (χ3v) is 1.81. The minimum Gasteiger partial charge on any atom is -0.380 e. The predicted molar refractivity (Wildman–Crippen MR) is 51.8 cm³/mol. The van der Waals surface area contributed by atoms with E-state index in [9.17, 15) is 0 Å². The van der Waals surface area contributed by atoms with Crippen molar-refractivity contribution >= 4 is 5.84 Å². The van der Waals surface area contributed by atoms with E-state index >= 15 is 0 Å². The molecule has 0 heterocycles. The van der Waals surface area contributed by atoms with Crippen LogP contribution in [0.4, 0.5) is 0 Å².